The Balaban J connectivity index is 2.37. The van der Waals surface area contributed by atoms with Crippen LogP contribution in [0.1, 0.15) is 47.5 Å². The molecule has 1 aliphatic rings. The molecule has 1 rings (SSSR count). The summed E-state index contributed by atoms with van der Waals surface area (Å²) in [5, 5.41) is 0. The zero-order valence-electron chi connectivity index (χ0n) is 10.2. The number of rotatable bonds is 3. The summed E-state index contributed by atoms with van der Waals surface area (Å²) in [7, 11) is 0. The molecule has 2 heteroatoms. The Hall–Kier alpha value is -0.0800. The van der Waals surface area contributed by atoms with Crippen LogP contribution in [0.15, 0.2) is 0 Å². The summed E-state index contributed by atoms with van der Waals surface area (Å²) < 4.78 is 11.6. The molecule has 1 aliphatic heterocycles. The van der Waals surface area contributed by atoms with Gasteiger partial charge in [-0.2, -0.15) is 0 Å². The van der Waals surface area contributed by atoms with Gasteiger partial charge in [0.05, 0.1) is 13.2 Å². The maximum Gasteiger partial charge on any atom is 0.165 e. The molecule has 0 aromatic rings. The van der Waals surface area contributed by atoms with E-state index in [1.807, 2.05) is 0 Å². The fourth-order valence-electron chi connectivity index (χ4n) is 1.47. The highest BCUT2D eigenvalue weighted by Crippen LogP contribution is 2.32. The zero-order valence-corrected chi connectivity index (χ0v) is 10.2. The second-order valence-corrected chi connectivity index (χ2v) is 5.81. The first-order chi connectivity index (χ1) is 6.33. The summed E-state index contributed by atoms with van der Waals surface area (Å²) in [6.07, 6.45) is 2.16. The van der Waals surface area contributed by atoms with E-state index in [0.29, 0.717) is 5.92 Å². The highest BCUT2D eigenvalue weighted by molar-refractivity contribution is 4.77. The van der Waals surface area contributed by atoms with Gasteiger partial charge < -0.3 is 9.47 Å². The van der Waals surface area contributed by atoms with Crippen molar-refractivity contribution in [2.75, 3.05) is 13.2 Å². The summed E-state index contributed by atoms with van der Waals surface area (Å²) in [4.78, 5) is 0. The van der Waals surface area contributed by atoms with E-state index in [-0.39, 0.29) is 11.2 Å². The Labute approximate surface area is 88.0 Å². The second kappa shape index (κ2) is 4.19. The fourth-order valence-corrected chi connectivity index (χ4v) is 1.47. The molecule has 0 spiro atoms. The van der Waals surface area contributed by atoms with Crippen molar-refractivity contribution in [2.45, 2.75) is 53.2 Å². The molecule has 84 valence electrons. The lowest BCUT2D eigenvalue weighted by molar-refractivity contribution is -0.292. The van der Waals surface area contributed by atoms with Crippen molar-refractivity contribution in [1.82, 2.24) is 0 Å². The molecule has 0 aliphatic carbocycles. The van der Waals surface area contributed by atoms with E-state index in [1.165, 1.54) is 0 Å². The van der Waals surface area contributed by atoms with E-state index in [4.69, 9.17) is 9.47 Å². The van der Waals surface area contributed by atoms with Gasteiger partial charge in [-0.05, 0) is 19.3 Å². The number of hydrogen-bond donors (Lipinski definition) is 0. The highest BCUT2D eigenvalue weighted by Gasteiger charge is 2.36. The third kappa shape index (κ3) is 3.58. The Bertz CT molecular complexity index is 169. The average Bonchev–Trinajstić information content (AvgIpc) is 2.08. The molecule has 0 amide bonds. The van der Waals surface area contributed by atoms with E-state index in [1.54, 1.807) is 0 Å². The first-order valence-corrected chi connectivity index (χ1v) is 5.61. The lowest BCUT2D eigenvalue weighted by Crippen LogP contribution is -2.45. The standard InChI is InChI=1S/C12H24O2/c1-10(2)6-7-12(5)13-8-11(3,4)9-14-12/h10H,6-9H2,1-5H3. The third-order valence-corrected chi connectivity index (χ3v) is 2.71. The zero-order chi connectivity index (χ0) is 10.8. The predicted octanol–water partition coefficient (Wildman–Crippen LogP) is 3.21. The van der Waals surface area contributed by atoms with Crippen LogP contribution in [0, 0.1) is 11.3 Å². The van der Waals surface area contributed by atoms with Crippen molar-refractivity contribution in [3.63, 3.8) is 0 Å². The molecule has 0 atom stereocenters. The summed E-state index contributed by atoms with van der Waals surface area (Å²) in [6, 6.07) is 0. The molecule has 14 heavy (non-hydrogen) atoms. The molecule has 0 bridgehead atoms. The van der Waals surface area contributed by atoms with Gasteiger partial charge in [0.2, 0.25) is 0 Å². The SMILES string of the molecule is CC(C)CCC1(C)OCC(C)(C)CO1. The largest absolute Gasteiger partial charge is 0.350 e. The molecule has 0 unspecified atom stereocenters. The molecule has 1 fully saturated rings. The number of hydrogen-bond acceptors (Lipinski definition) is 2. The van der Waals surface area contributed by atoms with E-state index in [2.05, 4.69) is 34.6 Å². The molecular formula is C12H24O2. The Kier molecular flexibility index (Phi) is 3.59. The first kappa shape index (κ1) is 12.0. The third-order valence-electron chi connectivity index (χ3n) is 2.71. The fraction of sp³-hybridized carbons (Fsp3) is 1.00. The lowest BCUT2D eigenvalue weighted by Gasteiger charge is -2.41. The maximum absolute atomic E-state index is 5.81. The van der Waals surface area contributed by atoms with Gasteiger partial charge in [0, 0.05) is 11.8 Å². The second-order valence-electron chi connectivity index (χ2n) is 5.81. The van der Waals surface area contributed by atoms with Gasteiger partial charge in [0.1, 0.15) is 0 Å². The van der Waals surface area contributed by atoms with E-state index in [0.717, 1.165) is 26.1 Å². The number of ether oxygens (including phenoxy) is 2. The van der Waals surface area contributed by atoms with Gasteiger partial charge in [-0.3, -0.25) is 0 Å². The van der Waals surface area contributed by atoms with Crippen LogP contribution in [-0.4, -0.2) is 19.0 Å². The quantitative estimate of drug-likeness (QED) is 0.696. The minimum absolute atomic E-state index is 0.178. The van der Waals surface area contributed by atoms with Gasteiger partial charge in [-0.15, -0.1) is 0 Å². The van der Waals surface area contributed by atoms with Crippen LogP contribution in [0.2, 0.25) is 0 Å². The van der Waals surface area contributed by atoms with E-state index >= 15 is 0 Å². The van der Waals surface area contributed by atoms with Crippen LogP contribution in [0.5, 0.6) is 0 Å². The normalized spacial score (nSPS) is 25.3. The molecule has 0 radical (unpaired) electrons. The monoisotopic (exact) mass is 200 g/mol. The van der Waals surface area contributed by atoms with Gasteiger partial charge >= 0.3 is 0 Å². The van der Waals surface area contributed by atoms with Crippen LogP contribution in [0.3, 0.4) is 0 Å². The van der Waals surface area contributed by atoms with Crippen LogP contribution in [0.25, 0.3) is 0 Å². The highest BCUT2D eigenvalue weighted by atomic mass is 16.7. The van der Waals surface area contributed by atoms with E-state index in [9.17, 15) is 0 Å². The van der Waals surface area contributed by atoms with Crippen LogP contribution in [0.4, 0.5) is 0 Å². The minimum Gasteiger partial charge on any atom is -0.350 e. The molecule has 0 aromatic heterocycles. The maximum atomic E-state index is 5.81. The van der Waals surface area contributed by atoms with Crippen molar-refractivity contribution in [2.24, 2.45) is 11.3 Å². The molecular weight excluding hydrogens is 176 g/mol. The Morgan fingerprint density at radius 3 is 2.00 bits per heavy atom. The molecule has 0 saturated carbocycles. The Morgan fingerprint density at radius 1 is 1.07 bits per heavy atom. The molecule has 0 aromatic carbocycles. The summed E-state index contributed by atoms with van der Waals surface area (Å²) in [5.74, 6) is 0.383. The molecule has 2 nitrogen and oxygen atoms in total. The Morgan fingerprint density at radius 2 is 1.57 bits per heavy atom. The minimum atomic E-state index is -0.334. The topological polar surface area (TPSA) is 18.5 Å². The molecule has 1 saturated heterocycles. The smallest absolute Gasteiger partial charge is 0.165 e. The van der Waals surface area contributed by atoms with Gasteiger partial charge in [0.25, 0.3) is 0 Å². The van der Waals surface area contributed by atoms with Gasteiger partial charge in [-0.1, -0.05) is 27.7 Å². The van der Waals surface area contributed by atoms with Crippen LogP contribution >= 0.6 is 0 Å². The summed E-state index contributed by atoms with van der Waals surface area (Å²) in [6.45, 7) is 12.5. The van der Waals surface area contributed by atoms with E-state index < -0.39 is 0 Å². The summed E-state index contributed by atoms with van der Waals surface area (Å²) >= 11 is 0. The molecule has 0 N–H and O–H groups in total. The summed E-state index contributed by atoms with van der Waals surface area (Å²) in [5.41, 5.74) is 0.178. The average molecular weight is 200 g/mol. The van der Waals surface area contributed by atoms with Crippen LogP contribution < -0.4 is 0 Å². The lowest BCUT2D eigenvalue weighted by atomic mass is 9.93. The first-order valence-electron chi connectivity index (χ1n) is 5.61. The van der Waals surface area contributed by atoms with Crippen LogP contribution in [-0.2, 0) is 9.47 Å². The van der Waals surface area contributed by atoms with Crippen molar-refractivity contribution < 1.29 is 9.47 Å². The predicted molar refractivity (Wildman–Crippen MR) is 58.2 cm³/mol. The van der Waals surface area contributed by atoms with Crippen molar-refractivity contribution in [3.8, 4) is 0 Å². The van der Waals surface area contributed by atoms with Gasteiger partial charge in [-0.25, -0.2) is 0 Å². The van der Waals surface area contributed by atoms with Gasteiger partial charge in [0.15, 0.2) is 5.79 Å². The van der Waals surface area contributed by atoms with Crippen molar-refractivity contribution in [3.05, 3.63) is 0 Å². The van der Waals surface area contributed by atoms with Crippen molar-refractivity contribution in [1.29, 1.82) is 0 Å². The van der Waals surface area contributed by atoms with Crippen molar-refractivity contribution >= 4 is 0 Å². The molecule has 1 heterocycles.